The molecule has 0 aliphatic rings. The van der Waals surface area contributed by atoms with Gasteiger partial charge in [-0.3, -0.25) is 0 Å². The van der Waals surface area contributed by atoms with E-state index in [2.05, 4.69) is 17.4 Å². The fourth-order valence-corrected chi connectivity index (χ4v) is 2.44. The zero-order valence-corrected chi connectivity index (χ0v) is 15.6. The Morgan fingerprint density at radius 1 is 1.00 bits per heavy atom. The third kappa shape index (κ3) is 5.82. The second kappa shape index (κ2) is 8.06. The third-order valence-corrected chi connectivity index (χ3v) is 3.64. The van der Waals surface area contributed by atoms with Crippen molar-refractivity contribution < 1.29 is 14.3 Å². The summed E-state index contributed by atoms with van der Waals surface area (Å²) in [5.74, 6) is 0.873. The average Bonchev–Trinajstić information content (AvgIpc) is 2.54. The maximum atomic E-state index is 11.9. The van der Waals surface area contributed by atoms with E-state index < -0.39 is 11.7 Å². The van der Waals surface area contributed by atoms with Crippen LogP contribution in [0, 0.1) is 0 Å². The van der Waals surface area contributed by atoms with E-state index >= 15 is 0 Å². The number of benzene rings is 2. The van der Waals surface area contributed by atoms with Gasteiger partial charge in [0, 0.05) is 0 Å². The number of nitrogens with one attached hydrogen (secondary N) is 1. The van der Waals surface area contributed by atoms with Gasteiger partial charge in [-0.1, -0.05) is 36.4 Å². The average molecular weight is 341 g/mol. The van der Waals surface area contributed by atoms with Gasteiger partial charge in [-0.2, -0.15) is 0 Å². The van der Waals surface area contributed by atoms with E-state index in [1.807, 2.05) is 71.0 Å². The summed E-state index contributed by atoms with van der Waals surface area (Å²) in [5, 5.41) is 2.86. The van der Waals surface area contributed by atoms with Crippen molar-refractivity contribution in [2.24, 2.45) is 0 Å². The highest BCUT2D eigenvalue weighted by atomic mass is 16.6. The Morgan fingerprint density at radius 2 is 1.52 bits per heavy atom. The number of rotatable bonds is 5. The van der Waals surface area contributed by atoms with E-state index in [4.69, 9.17) is 9.47 Å². The SMILES string of the molecule is CCOc1ccc(-c2ccc(C(C)NC(=O)OC(C)(C)C)cc2)cc1. The summed E-state index contributed by atoms with van der Waals surface area (Å²) >= 11 is 0. The lowest BCUT2D eigenvalue weighted by Gasteiger charge is -2.22. The number of hydrogen-bond donors (Lipinski definition) is 1. The number of alkyl carbamates (subject to hydrolysis) is 1. The smallest absolute Gasteiger partial charge is 0.408 e. The second-order valence-electron chi connectivity index (χ2n) is 6.95. The molecule has 2 aromatic rings. The van der Waals surface area contributed by atoms with Crippen molar-refractivity contribution >= 4 is 6.09 Å². The molecule has 134 valence electrons. The first kappa shape index (κ1) is 18.8. The van der Waals surface area contributed by atoms with Crippen LogP contribution in [0.25, 0.3) is 11.1 Å². The molecule has 4 heteroatoms. The van der Waals surface area contributed by atoms with Gasteiger partial charge in [-0.25, -0.2) is 4.79 Å². The van der Waals surface area contributed by atoms with Crippen LogP contribution >= 0.6 is 0 Å². The Bertz CT molecular complexity index is 685. The lowest BCUT2D eigenvalue weighted by molar-refractivity contribution is 0.0508. The van der Waals surface area contributed by atoms with Crippen LogP contribution in [0.2, 0.25) is 0 Å². The van der Waals surface area contributed by atoms with Crippen molar-refractivity contribution in [2.45, 2.75) is 46.3 Å². The largest absolute Gasteiger partial charge is 0.494 e. The van der Waals surface area contributed by atoms with Crippen molar-refractivity contribution in [3.05, 3.63) is 54.1 Å². The van der Waals surface area contributed by atoms with Gasteiger partial charge in [-0.15, -0.1) is 0 Å². The van der Waals surface area contributed by atoms with E-state index in [-0.39, 0.29) is 6.04 Å². The molecule has 0 bridgehead atoms. The van der Waals surface area contributed by atoms with Gasteiger partial charge in [0.25, 0.3) is 0 Å². The van der Waals surface area contributed by atoms with Crippen molar-refractivity contribution in [3.63, 3.8) is 0 Å². The number of ether oxygens (including phenoxy) is 2. The minimum Gasteiger partial charge on any atom is -0.494 e. The molecule has 25 heavy (non-hydrogen) atoms. The quantitative estimate of drug-likeness (QED) is 0.798. The van der Waals surface area contributed by atoms with Crippen molar-refractivity contribution in [2.75, 3.05) is 6.61 Å². The summed E-state index contributed by atoms with van der Waals surface area (Å²) < 4.78 is 10.8. The Kier molecular flexibility index (Phi) is 6.07. The first-order chi connectivity index (χ1) is 11.8. The van der Waals surface area contributed by atoms with Gasteiger partial charge < -0.3 is 14.8 Å². The van der Waals surface area contributed by atoms with Gasteiger partial charge in [0.05, 0.1) is 12.6 Å². The molecule has 0 aliphatic heterocycles. The molecule has 0 fully saturated rings. The summed E-state index contributed by atoms with van der Waals surface area (Å²) in [7, 11) is 0. The minimum absolute atomic E-state index is 0.121. The first-order valence-electron chi connectivity index (χ1n) is 8.61. The standard InChI is InChI=1S/C21H27NO3/c1-6-24-19-13-11-18(12-14-19)17-9-7-16(8-10-17)15(2)22-20(23)25-21(3,4)5/h7-15H,6H2,1-5H3,(H,22,23). The lowest BCUT2D eigenvalue weighted by Crippen LogP contribution is -2.34. The molecule has 0 spiro atoms. The lowest BCUT2D eigenvalue weighted by atomic mass is 10.0. The molecular formula is C21H27NO3. The van der Waals surface area contributed by atoms with E-state index in [9.17, 15) is 4.79 Å². The van der Waals surface area contributed by atoms with Crippen molar-refractivity contribution in [3.8, 4) is 16.9 Å². The maximum absolute atomic E-state index is 11.9. The van der Waals surface area contributed by atoms with Gasteiger partial charge in [-0.05, 0) is 63.4 Å². The fraction of sp³-hybridized carbons (Fsp3) is 0.381. The van der Waals surface area contributed by atoms with Gasteiger partial charge in [0.2, 0.25) is 0 Å². The number of hydrogen-bond acceptors (Lipinski definition) is 3. The molecule has 1 atom stereocenters. The highest BCUT2D eigenvalue weighted by molar-refractivity contribution is 5.69. The summed E-state index contributed by atoms with van der Waals surface area (Å²) in [5.41, 5.74) is 2.78. The summed E-state index contributed by atoms with van der Waals surface area (Å²) in [6.45, 7) is 10.1. The van der Waals surface area contributed by atoms with Gasteiger partial charge in [0.1, 0.15) is 11.4 Å². The molecule has 0 radical (unpaired) electrons. The number of carbonyl (C=O) groups excluding carboxylic acids is 1. The van der Waals surface area contributed by atoms with E-state index in [1.165, 1.54) is 0 Å². The zero-order chi connectivity index (χ0) is 18.4. The first-order valence-corrected chi connectivity index (χ1v) is 8.61. The highest BCUT2D eigenvalue weighted by Crippen LogP contribution is 2.24. The highest BCUT2D eigenvalue weighted by Gasteiger charge is 2.18. The molecule has 2 rings (SSSR count). The van der Waals surface area contributed by atoms with Crippen LogP contribution in [0.3, 0.4) is 0 Å². The predicted octanol–water partition coefficient (Wildman–Crippen LogP) is 5.34. The van der Waals surface area contributed by atoms with Crippen LogP contribution in [-0.4, -0.2) is 18.3 Å². The molecule has 1 amide bonds. The van der Waals surface area contributed by atoms with Gasteiger partial charge >= 0.3 is 6.09 Å². The van der Waals surface area contributed by atoms with E-state index in [0.717, 1.165) is 22.4 Å². The summed E-state index contributed by atoms with van der Waals surface area (Å²) in [6.07, 6.45) is -0.407. The van der Waals surface area contributed by atoms with Crippen LogP contribution in [0.5, 0.6) is 5.75 Å². The molecule has 0 aliphatic carbocycles. The topological polar surface area (TPSA) is 47.6 Å². The van der Waals surface area contributed by atoms with Crippen LogP contribution in [0.1, 0.15) is 46.2 Å². The third-order valence-electron chi connectivity index (χ3n) is 3.64. The Labute approximate surface area is 150 Å². The van der Waals surface area contributed by atoms with E-state index in [1.54, 1.807) is 0 Å². The molecule has 0 saturated carbocycles. The van der Waals surface area contributed by atoms with Crippen LogP contribution in [-0.2, 0) is 4.74 Å². The van der Waals surface area contributed by atoms with Crippen LogP contribution < -0.4 is 10.1 Å². The van der Waals surface area contributed by atoms with Crippen LogP contribution in [0.4, 0.5) is 4.79 Å². The molecule has 0 aromatic heterocycles. The molecular weight excluding hydrogens is 314 g/mol. The molecule has 2 aromatic carbocycles. The Morgan fingerprint density at radius 3 is 2.00 bits per heavy atom. The van der Waals surface area contributed by atoms with Crippen molar-refractivity contribution in [1.82, 2.24) is 5.32 Å². The molecule has 1 N–H and O–H groups in total. The predicted molar refractivity (Wildman–Crippen MR) is 101 cm³/mol. The molecule has 0 heterocycles. The van der Waals surface area contributed by atoms with E-state index in [0.29, 0.717) is 6.61 Å². The van der Waals surface area contributed by atoms with Crippen molar-refractivity contribution in [1.29, 1.82) is 0 Å². The maximum Gasteiger partial charge on any atom is 0.408 e. The fourth-order valence-electron chi connectivity index (χ4n) is 2.44. The summed E-state index contributed by atoms with van der Waals surface area (Å²) in [4.78, 5) is 11.9. The zero-order valence-electron chi connectivity index (χ0n) is 15.6. The molecule has 4 nitrogen and oxygen atoms in total. The summed E-state index contributed by atoms with van der Waals surface area (Å²) in [6, 6.07) is 16.1. The Balaban J connectivity index is 2.02. The number of amides is 1. The molecule has 0 saturated heterocycles. The monoisotopic (exact) mass is 341 g/mol. The minimum atomic E-state index is -0.499. The van der Waals surface area contributed by atoms with Crippen LogP contribution in [0.15, 0.2) is 48.5 Å². The van der Waals surface area contributed by atoms with Gasteiger partial charge in [0.15, 0.2) is 0 Å². The normalized spacial score (nSPS) is 12.4. The molecule has 1 unspecified atom stereocenters. The second-order valence-corrected chi connectivity index (χ2v) is 6.95. The number of carbonyl (C=O) groups is 1. The Hall–Kier alpha value is -2.49.